The third-order valence-corrected chi connectivity index (χ3v) is 6.13. The number of aromatic nitrogens is 1. The number of pyridine rings is 1. The zero-order chi connectivity index (χ0) is 15.5. The van der Waals surface area contributed by atoms with Crippen molar-refractivity contribution in [2.24, 2.45) is 0 Å². The van der Waals surface area contributed by atoms with Crippen LogP contribution in [-0.2, 0) is 22.9 Å². The van der Waals surface area contributed by atoms with Crippen molar-refractivity contribution in [1.82, 2.24) is 4.98 Å². The maximum atomic E-state index is 12.0. The Labute approximate surface area is 130 Å². The molecule has 0 aromatic carbocycles. The molecule has 2 heterocycles. The first-order valence-corrected chi connectivity index (χ1v) is 10.2. The van der Waals surface area contributed by atoms with E-state index in [1.165, 1.54) is 6.26 Å². The second kappa shape index (κ2) is 6.98. The summed E-state index contributed by atoms with van der Waals surface area (Å²) in [5.74, 6) is 2.12. The molecule has 1 unspecified atom stereocenters. The molecule has 1 aromatic heterocycles. The Morgan fingerprint density at radius 1 is 1.48 bits per heavy atom. The zero-order valence-corrected chi connectivity index (χ0v) is 14.1. The van der Waals surface area contributed by atoms with Crippen molar-refractivity contribution in [1.29, 1.82) is 0 Å². The number of rotatable bonds is 5. The summed E-state index contributed by atoms with van der Waals surface area (Å²) in [5, 5.41) is 8.88. The maximum Gasteiger partial charge on any atom is 0.169 e. The third-order valence-electron chi connectivity index (χ3n) is 3.49. The van der Waals surface area contributed by atoms with E-state index in [1.807, 2.05) is 11.0 Å². The summed E-state index contributed by atoms with van der Waals surface area (Å²) in [6.45, 7) is 2.68. The Kier molecular flexibility index (Phi) is 5.51. The molecule has 0 saturated carbocycles. The number of aryl methyl sites for hydroxylation is 1. The van der Waals surface area contributed by atoms with E-state index in [-0.39, 0.29) is 6.61 Å². The van der Waals surface area contributed by atoms with Crippen LogP contribution >= 0.6 is 11.8 Å². The third kappa shape index (κ3) is 4.11. The highest BCUT2D eigenvalue weighted by Gasteiger charge is 2.32. The van der Waals surface area contributed by atoms with Gasteiger partial charge in [-0.1, -0.05) is 13.3 Å². The molecule has 1 aromatic rings. The van der Waals surface area contributed by atoms with Crippen LogP contribution in [0, 0.1) is 0 Å². The van der Waals surface area contributed by atoms with Crippen molar-refractivity contribution in [3.63, 3.8) is 0 Å². The molecular formula is C14H22N2O3S2. The van der Waals surface area contributed by atoms with Gasteiger partial charge in [0, 0.05) is 30.0 Å². The van der Waals surface area contributed by atoms with Crippen LogP contribution in [0.2, 0.25) is 0 Å². The van der Waals surface area contributed by atoms with Crippen LogP contribution in [0.4, 0.5) is 5.82 Å². The fraction of sp³-hybridized carbons (Fsp3) is 0.643. The SMILES string of the molecule is CCCc1cc(CO)cc(N2CCSCC2S(C)(=O)=O)n1. The van der Waals surface area contributed by atoms with Gasteiger partial charge in [0.05, 0.1) is 6.61 Å². The minimum Gasteiger partial charge on any atom is -0.392 e. The van der Waals surface area contributed by atoms with Crippen LogP contribution in [0.5, 0.6) is 0 Å². The molecule has 21 heavy (non-hydrogen) atoms. The van der Waals surface area contributed by atoms with Gasteiger partial charge in [-0.15, -0.1) is 0 Å². The van der Waals surface area contributed by atoms with Gasteiger partial charge in [-0.2, -0.15) is 11.8 Å². The molecule has 118 valence electrons. The topological polar surface area (TPSA) is 70.5 Å². The molecule has 1 aliphatic rings. The van der Waals surface area contributed by atoms with Gasteiger partial charge in [0.25, 0.3) is 0 Å². The van der Waals surface area contributed by atoms with E-state index in [0.717, 1.165) is 29.9 Å². The van der Waals surface area contributed by atoms with Gasteiger partial charge in [-0.05, 0) is 24.1 Å². The molecule has 5 nitrogen and oxygen atoms in total. The number of aliphatic hydroxyl groups is 1. The van der Waals surface area contributed by atoms with E-state index in [4.69, 9.17) is 0 Å². The minimum atomic E-state index is -3.17. The molecule has 0 amide bonds. The van der Waals surface area contributed by atoms with E-state index in [1.54, 1.807) is 17.8 Å². The second-order valence-corrected chi connectivity index (χ2v) is 8.64. The average molecular weight is 330 g/mol. The number of thioether (sulfide) groups is 1. The standard InChI is InChI=1S/C14H22N2O3S2/c1-3-4-12-7-11(9-17)8-13(15-12)16-5-6-20-10-14(16)21(2,18)19/h7-8,14,17H,3-6,9-10H2,1-2H3. The summed E-state index contributed by atoms with van der Waals surface area (Å²) in [6, 6.07) is 3.69. The molecule has 0 bridgehead atoms. The Morgan fingerprint density at radius 2 is 2.24 bits per heavy atom. The predicted octanol–water partition coefficient (Wildman–Crippen LogP) is 1.45. The lowest BCUT2D eigenvalue weighted by molar-refractivity contribution is 0.281. The second-order valence-electron chi connectivity index (χ2n) is 5.29. The zero-order valence-electron chi connectivity index (χ0n) is 12.4. The lowest BCUT2D eigenvalue weighted by Gasteiger charge is -2.35. The molecule has 0 spiro atoms. The summed E-state index contributed by atoms with van der Waals surface area (Å²) < 4.78 is 24.0. The van der Waals surface area contributed by atoms with E-state index in [2.05, 4.69) is 11.9 Å². The van der Waals surface area contributed by atoms with E-state index >= 15 is 0 Å². The van der Waals surface area contributed by atoms with E-state index in [9.17, 15) is 13.5 Å². The van der Waals surface area contributed by atoms with Crippen LogP contribution in [0.1, 0.15) is 24.6 Å². The fourth-order valence-corrected chi connectivity index (χ4v) is 5.28. The number of aliphatic hydroxyl groups excluding tert-OH is 1. The molecule has 1 atom stereocenters. The van der Waals surface area contributed by atoms with Crippen molar-refractivity contribution < 1.29 is 13.5 Å². The molecule has 1 N–H and O–H groups in total. The smallest absolute Gasteiger partial charge is 0.169 e. The van der Waals surface area contributed by atoms with Crippen molar-refractivity contribution in [2.45, 2.75) is 31.7 Å². The van der Waals surface area contributed by atoms with Gasteiger partial charge in [0.1, 0.15) is 11.2 Å². The monoisotopic (exact) mass is 330 g/mol. The molecular weight excluding hydrogens is 308 g/mol. The van der Waals surface area contributed by atoms with Crippen molar-refractivity contribution in [3.8, 4) is 0 Å². The largest absolute Gasteiger partial charge is 0.392 e. The summed E-state index contributed by atoms with van der Waals surface area (Å²) in [6.07, 6.45) is 3.07. The number of hydrogen-bond donors (Lipinski definition) is 1. The minimum absolute atomic E-state index is 0.0572. The van der Waals surface area contributed by atoms with Gasteiger partial charge in [-0.3, -0.25) is 0 Å². The highest BCUT2D eigenvalue weighted by atomic mass is 32.2. The number of nitrogens with zero attached hydrogens (tertiary/aromatic N) is 2. The highest BCUT2D eigenvalue weighted by Crippen LogP contribution is 2.26. The molecule has 2 rings (SSSR count). The van der Waals surface area contributed by atoms with Gasteiger partial charge in [0.2, 0.25) is 0 Å². The van der Waals surface area contributed by atoms with Crippen molar-refractivity contribution in [2.75, 3.05) is 29.2 Å². The van der Waals surface area contributed by atoms with Gasteiger partial charge in [-0.25, -0.2) is 13.4 Å². The van der Waals surface area contributed by atoms with Crippen LogP contribution < -0.4 is 4.90 Å². The Bertz CT molecular complexity index is 590. The molecule has 1 fully saturated rings. The molecule has 0 aliphatic carbocycles. The van der Waals surface area contributed by atoms with Gasteiger partial charge in [0.15, 0.2) is 9.84 Å². The highest BCUT2D eigenvalue weighted by molar-refractivity contribution is 8.01. The van der Waals surface area contributed by atoms with E-state index < -0.39 is 15.2 Å². The number of hydrogen-bond acceptors (Lipinski definition) is 6. The first-order chi connectivity index (χ1) is 9.95. The van der Waals surface area contributed by atoms with Crippen LogP contribution in [0.15, 0.2) is 12.1 Å². The predicted molar refractivity (Wildman–Crippen MR) is 87.5 cm³/mol. The maximum absolute atomic E-state index is 12.0. The van der Waals surface area contributed by atoms with Crippen molar-refractivity contribution >= 4 is 27.4 Å². The van der Waals surface area contributed by atoms with Gasteiger partial charge >= 0.3 is 0 Å². The number of anilines is 1. The summed E-state index contributed by atoms with van der Waals surface area (Å²) in [5.41, 5.74) is 1.69. The Morgan fingerprint density at radius 3 is 2.86 bits per heavy atom. The molecule has 1 aliphatic heterocycles. The average Bonchev–Trinajstić information content (AvgIpc) is 2.46. The van der Waals surface area contributed by atoms with Crippen LogP contribution in [0.3, 0.4) is 0 Å². The molecule has 1 saturated heterocycles. The molecule has 7 heteroatoms. The summed E-state index contributed by atoms with van der Waals surface area (Å²) >= 11 is 1.65. The summed E-state index contributed by atoms with van der Waals surface area (Å²) in [7, 11) is -3.17. The fourth-order valence-electron chi connectivity index (χ4n) is 2.45. The normalized spacial score (nSPS) is 19.8. The first kappa shape index (κ1) is 16.6. The lowest BCUT2D eigenvalue weighted by atomic mass is 10.1. The van der Waals surface area contributed by atoms with Gasteiger partial charge < -0.3 is 10.0 Å². The Hall–Kier alpha value is -0.790. The number of sulfone groups is 1. The Balaban J connectivity index is 2.40. The van der Waals surface area contributed by atoms with Crippen LogP contribution in [0.25, 0.3) is 0 Å². The molecule has 0 radical (unpaired) electrons. The van der Waals surface area contributed by atoms with E-state index in [0.29, 0.717) is 18.1 Å². The van der Waals surface area contributed by atoms with Crippen LogP contribution in [-0.4, -0.2) is 48.2 Å². The summed E-state index contributed by atoms with van der Waals surface area (Å²) in [4.78, 5) is 6.46. The quantitative estimate of drug-likeness (QED) is 0.881. The lowest BCUT2D eigenvalue weighted by Crippen LogP contribution is -2.47. The first-order valence-electron chi connectivity index (χ1n) is 7.09. The van der Waals surface area contributed by atoms with Crippen molar-refractivity contribution in [3.05, 3.63) is 23.4 Å².